The van der Waals surface area contributed by atoms with Crippen LogP contribution in [0.4, 0.5) is 0 Å². The van der Waals surface area contributed by atoms with Crippen LogP contribution in [0.3, 0.4) is 0 Å². The second kappa shape index (κ2) is 16.4. The summed E-state index contributed by atoms with van der Waals surface area (Å²) in [5.74, 6) is -0.170. The standard InChI is InChI=1S/C14H28O6/c1-3-5-14(15)20-13-12-19-11-10-18-9-8-17-7-6-16-4-2/h3-13H2,1-2H3. The van der Waals surface area contributed by atoms with Crippen molar-refractivity contribution in [1.82, 2.24) is 0 Å². The van der Waals surface area contributed by atoms with Crippen LogP contribution in [0.25, 0.3) is 0 Å². The van der Waals surface area contributed by atoms with Gasteiger partial charge in [-0.1, -0.05) is 6.92 Å². The molecule has 0 rings (SSSR count). The van der Waals surface area contributed by atoms with Gasteiger partial charge in [0.25, 0.3) is 0 Å². The molecular weight excluding hydrogens is 264 g/mol. The zero-order valence-corrected chi connectivity index (χ0v) is 12.7. The molecule has 0 aromatic carbocycles. The van der Waals surface area contributed by atoms with E-state index in [4.69, 9.17) is 23.7 Å². The van der Waals surface area contributed by atoms with Crippen molar-refractivity contribution in [3.63, 3.8) is 0 Å². The smallest absolute Gasteiger partial charge is 0.305 e. The molecule has 0 N–H and O–H groups in total. The molecule has 0 heterocycles. The van der Waals surface area contributed by atoms with Gasteiger partial charge in [-0.25, -0.2) is 0 Å². The number of ether oxygens (including phenoxy) is 5. The normalized spacial score (nSPS) is 10.7. The minimum absolute atomic E-state index is 0.170. The van der Waals surface area contributed by atoms with E-state index in [0.29, 0.717) is 65.9 Å². The molecular formula is C14H28O6. The molecule has 0 aliphatic rings. The van der Waals surface area contributed by atoms with E-state index in [1.807, 2.05) is 13.8 Å². The van der Waals surface area contributed by atoms with Gasteiger partial charge in [-0.3, -0.25) is 4.79 Å². The molecule has 0 aliphatic carbocycles. The Kier molecular flexibility index (Phi) is 15.8. The molecule has 0 atom stereocenters. The molecule has 0 spiro atoms. The molecule has 0 saturated heterocycles. The van der Waals surface area contributed by atoms with Crippen LogP contribution in [0.15, 0.2) is 0 Å². The van der Waals surface area contributed by atoms with E-state index in [1.54, 1.807) is 0 Å². The van der Waals surface area contributed by atoms with Gasteiger partial charge in [0, 0.05) is 13.0 Å². The van der Waals surface area contributed by atoms with Gasteiger partial charge in [0.1, 0.15) is 6.61 Å². The number of rotatable bonds is 15. The fourth-order valence-corrected chi connectivity index (χ4v) is 1.29. The van der Waals surface area contributed by atoms with Crippen molar-refractivity contribution in [2.24, 2.45) is 0 Å². The lowest BCUT2D eigenvalue weighted by Crippen LogP contribution is -2.14. The van der Waals surface area contributed by atoms with E-state index in [2.05, 4.69) is 0 Å². The zero-order valence-electron chi connectivity index (χ0n) is 12.7. The van der Waals surface area contributed by atoms with Crippen LogP contribution in [0, 0.1) is 0 Å². The first-order valence-corrected chi connectivity index (χ1v) is 7.27. The molecule has 120 valence electrons. The molecule has 20 heavy (non-hydrogen) atoms. The van der Waals surface area contributed by atoms with Crippen LogP contribution < -0.4 is 0 Å². The minimum atomic E-state index is -0.170. The fourth-order valence-electron chi connectivity index (χ4n) is 1.29. The van der Waals surface area contributed by atoms with Gasteiger partial charge in [-0.15, -0.1) is 0 Å². The van der Waals surface area contributed by atoms with Crippen molar-refractivity contribution in [3.8, 4) is 0 Å². The van der Waals surface area contributed by atoms with Gasteiger partial charge >= 0.3 is 5.97 Å². The molecule has 6 heteroatoms. The summed E-state index contributed by atoms with van der Waals surface area (Å²) in [6, 6.07) is 0. The molecule has 0 aromatic rings. The Balaban J connectivity index is 3.01. The van der Waals surface area contributed by atoms with Crippen molar-refractivity contribution in [2.45, 2.75) is 26.7 Å². The van der Waals surface area contributed by atoms with E-state index in [1.165, 1.54) is 0 Å². The number of carbonyl (C=O) groups is 1. The summed E-state index contributed by atoms with van der Waals surface area (Å²) >= 11 is 0. The lowest BCUT2D eigenvalue weighted by molar-refractivity contribution is -0.145. The Labute approximate surface area is 121 Å². The molecule has 6 nitrogen and oxygen atoms in total. The molecule has 0 aromatic heterocycles. The average molecular weight is 292 g/mol. The highest BCUT2D eigenvalue weighted by Gasteiger charge is 1.99. The molecule has 0 bridgehead atoms. The van der Waals surface area contributed by atoms with Gasteiger partial charge in [0.2, 0.25) is 0 Å². The van der Waals surface area contributed by atoms with E-state index >= 15 is 0 Å². The third kappa shape index (κ3) is 15.4. The summed E-state index contributed by atoms with van der Waals surface area (Å²) in [4.78, 5) is 11.0. The maximum absolute atomic E-state index is 11.0. The second-order valence-electron chi connectivity index (χ2n) is 4.00. The number of hydrogen-bond acceptors (Lipinski definition) is 6. The molecule has 0 fully saturated rings. The van der Waals surface area contributed by atoms with Crippen LogP contribution in [-0.4, -0.2) is 65.4 Å². The highest BCUT2D eigenvalue weighted by Crippen LogP contribution is 1.91. The first-order valence-electron chi connectivity index (χ1n) is 7.27. The van der Waals surface area contributed by atoms with Crippen LogP contribution in [-0.2, 0) is 28.5 Å². The third-order valence-corrected chi connectivity index (χ3v) is 2.26. The summed E-state index contributed by atoms with van der Waals surface area (Å²) < 4.78 is 25.9. The van der Waals surface area contributed by atoms with E-state index in [0.717, 1.165) is 6.42 Å². The summed E-state index contributed by atoms with van der Waals surface area (Å²) in [6.07, 6.45) is 1.27. The Morgan fingerprint density at radius 1 is 0.700 bits per heavy atom. The van der Waals surface area contributed by atoms with Gasteiger partial charge in [-0.05, 0) is 13.3 Å². The first kappa shape index (κ1) is 19.3. The van der Waals surface area contributed by atoms with Gasteiger partial charge < -0.3 is 23.7 Å². The average Bonchev–Trinajstić information content (AvgIpc) is 2.44. The number of carbonyl (C=O) groups excluding carboxylic acids is 1. The molecule has 0 unspecified atom stereocenters. The predicted octanol–water partition coefficient (Wildman–Crippen LogP) is 1.42. The topological polar surface area (TPSA) is 63.2 Å². The number of esters is 1. The molecule has 0 aliphatic heterocycles. The monoisotopic (exact) mass is 292 g/mol. The van der Waals surface area contributed by atoms with Crippen LogP contribution in [0.1, 0.15) is 26.7 Å². The SMILES string of the molecule is CCCC(=O)OCCOCCOCCOCCOCC. The van der Waals surface area contributed by atoms with Gasteiger partial charge in [-0.2, -0.15) is 0 Å². The first-order chi connectivity index (χ1) is 9.81. The van der Waals surface area contributed by atoms with Crippen molar-refractivity contribution in [2.75, 3.05) is 59.5 Å². The fraction of sp³-hybridized carbons (Fsp3) is 0.929. The second-order valence-corrected chi connectivity index (χ2v) is 4.00. The minimum Gasteiger partial charge on any atom is -0.463 e. The number of hydrogen-bond donors (Lipinski definition) is 0. The predicted molar refractivity (Wildman–Crippen MR) is 74.8 cm³/mol. The highest BCUT2D eigenvalue weighted by atomic mass is 16.6. The third-order valence-electron chi connectivity index (χ3n) is 2.26. The van der Waals surface area contributed by atoms with Crippen molar-refractivity contribution in [1.29, 1.82) is 0 Å². The molecule has 0 radical (unpaired) electrons. The maximum Gasteiger partial charge on any atom is 0.305 e. The highest BCUT2D eigenvalue weighted by molar-refractivity contribution is 5.69. The van der Waals surface area contributed by atoms with Crippen molar-refractivity contribution < 1.29 is 28.5 Å². The maximum atomic E-state index is 11.0. The largest absolute Gasteiger partial charge is 0.463 e. The summed E-state index contributed by atoms with van der Waals surface area (Å²) in [7, 11) is 0. The summed E-state index contributed by atoms with van der Waals surface area (Å²) in [5, 5.41) is 0. The van der Waals surface area contributed by atoms with E-state index in [-0.39, 0.29) is 5.97 Å². The van der Waals surface area contributed by atoms with Crippen molar-refractivity contribution in [3.05, 3.63) is 0 Å². The molecule has 0 saturated carbocycles. The zero-order chi connectivity index (χ0) is 14.9. The van der Waals surface area contributed by atoms with E-state index < -0.39 is 0 Å². The lowest BCUT2D eigenvalue weighted by Gasteiger charge is -2.07. The van der Waals surface area contributed by atoms with Crippen LogP contribution in [0.5, 0.6) is 0 Å². The quantitative estimate of drug-likeness (QED) is 0.336. The van der Waals surface area contributed by atoms with Gasteiger partial charge in [0.15, 0.2) is 0 Å². The van der Waals surface area contributed by atoms with E-state index in [9.17, 15) is 4.79 Å². The lowest BCUT2D eigenvalue weighted by atomic mass is 10.3. The summed E-state index contributed by atoms with van der Waals surface area (Å²) in [5.41, 5.74) is 0. The van der Waals surface area contributed by atoms with Crippen LogP contribution >= 0.6 is 0 Å². The van der Waals surface area contributed by atoms with Crippen LogP contribution in [0.2, 0.25) is 0 Å². The van der Waals surface area contributed by atoms with Crippen molar-refractivity contribution >= 4 is 5.97 Å². The summed E-state index contributed by atoms with van der Waals surface area (Å²) in [6.45, 7) is 8.63. The Morgan fingerprint density at radius 3 is 1.60 bits per heavy atom. The molecule has 0 amide bonds. The Morgan fingerprint density at radius 2 is 1.15 bits per heavy atom. The Bertz CT molecular complexity index is 210. The van der Waals surface area contributed by atoms with Gasteiger partial charge in [0.05, 0.1) is 46.2 Å². The Hall–Kier alpha value is -0.690.